The minimum Gasteiger partial charge on any atom is -0.355 e. The van der Waals surface area contributed by atoms with Gasteiger partial charge < -0.3 is 5.32 Å². The Bertz CT molecular complexity index is 578. The highest BCUT2D eigenvalue weighted by atomic mass is 32.2. The second kappa shape index (κ2) is 5.60. The molecule has 2 N–H and O–H groups in total. The fourth-order valence-electron chi connectivity index (χ4n) is 2.18. The number of hydrogen-bond acceptors (Lipinski definition) is 4. The lowest BCUT2D eigenvalue weighted by Crippen LogP contribution is -2.45. The van der Waals surface area contributed by atoms with E-state index in [1.54, 1.807) is 13.0 Å². The zero-order valence-corrected chi connectivity index (χ0v) is 12.7. The molecule has 106 valence electrons. The molecule has 1 amide bonds. The van der Waals surface area contributed by atoms with E-state index in [0.717, 1.165) is 22.6 Å². The second-order valence-corrected chi connectivity index (χ2v) is 7.88. The van der Waals surface area contributed by atoms with Crippen molar-refractivity contribution in [1.82, 2.24) is 10.0 Å². The molecule has 1 aromatic rings. The summed E-state index contributed by atoms with van der Waals surface area (Å²) in [6.45, 7) is 4.27. The summed E-state index contributed by atoms with van der Waals surface area (Å²) < 4.78 is 27.1. The van der Waals surface area contributed by atoms with Crippen LogP contribution in [0.2, 0.25) is 0 Å². The summed E-state index contributed by atoms with van der Waals surface area (Å²) in [5.41, 5.74) is 0. The number of carbonyl (C=O) groups excluding carboxylic acids is 1. The van der Waals surface area contributed by atoms with E-state index in [1.807, 2.05) is 6.92 Å². The van der Waals surface area contributed by atoms with Crippen LogP contribution in [0.15, 0.2) is 11.0 Å². The van der Waals surface area contributed by atoms with Gasteiger partial charge in [-0.05, 0) is 39.2 Å². The number of hydrogen-bond donors (Lipinski definition) is 2. The summed E-state index contributed by atoms with van der Waals surface area (Å²) in [4.78, 5) is 13.8. The van der Waals surface area contributed by atoms with Gasteiger partial charge in [-0.25, -0.2) is 8.42 Å². The Morgan fingerprint density at radius 3 is 2.74 bits per heavy atom. The first-order chi connectivity index (χ1) is 8.90. The Morgan fingerprint density at radius 1 is 1.37 bits per heavy atom. The van der Waals surface area contributed by atoms with E-state index in [2.05, 4.69) is 10.0 Å². The highest BCUT2D eigenvalue weighted by Gasteiger charge is 2.28. The van der Waals surface area contributed by atoms with Gasteiger partial charge in [-0.1, -0.05) is 0 Å². The molecule has 0 saturated carbocycles. The summed E-state index contributed by atoms with van der Waals surface area (Å²) >= 11 is 1.44. The van der Waals surface area contributed by atoms with E-state index < -0.39 is 16.1 Å². The first-order valence-corrected chi connectivity index (χ1v) is 8.57. The minimum atomic E-state index is -3.62. The molecular weight excluding hydrogens is 284 g/mol. The van der Waals surface area contributed by atoms with Crippen LogP contribution in [0, 0.1) is 13.8 Å². The molecule has 19 heavy (non-hydrogen) atoms. The van der Waals surface area contributed by atoms with Crippen molar-refractivity contribution < 1.29 is 13.2 Å². The highest BCUT2D eigenvalue weighted by Crippen LogP contribution is 2.25. The molecule has 1 fully saturated rings. The van der Waals surface area contributed by atoms with Crippen LogP contribution in [0.3, 0.4) is 0 Å². The van der Waals surface area contributed by atoms with Crippen LogP contribution in [-0.4, -0.2) is 26.9 Å². The Morgan fingerprint density at radius 2 is 2.11 bits per heavy atom. The summed E-state index contributed by atoms with van der Waals surface area (Å²) in [6, 6.07) is 0.990. The van der Waals surface area contributed by atoms with Crippen LogP contribution in [-0.2, 0) is 14.8 Å². The number of aryl methyl sites for hydroxylation is 2. The van der Waals surface area contributed by atoms with Crippen molar-refractivity contribution in [3.8, 4) is 0 Å². The first kappa shape index (κ1) is 14.5. The van der Waals surface area contributed by atoms with Gasteiger partial charge in [0.15, 0.2) is 0 Å². The summed E-state index contributed by atoms with van der Waals surface area (Å²) in [5, 5.41) is 2.73. The molecule has 0 unspecified atom stereocenters. The SMILES string of the molecule is Cc1cc(S(=O)(=O)N[C@@H]2CCCCNC2=O)c(C)s1. The van der Waals surface area contributed by atoms with E-state index in [0.29, 0.717) is 13.0 Å². The quantitative estimate of drug-likeness (QED) is 0.884. The molecule has 1 aromatic heterocycles. The van der Waals surface area contributed by atoms with Crippen molar-refractivity contribution in [2.24, 2.45) is 0 Å². The Labute approximate surface area is 117 Å². The van der Waals surface area contributed by atoms with E-state index in [9.17, 15) is 13.2 Å². The van der Waals surface area contributed by atoms with E-state index in [4.69, 9.17) is 0 Å². The zero-order valence-electron chi connectivity index (χ0n) is 11.0. The second-order valence-electron chi connectivity index (χ2n) is 4.74. The molecule has 7 heteroatoms. The number of thiophene rings is 1. The highest BCUT2D eigenvalue weighted by molar-refractivity contribution is 7.89. The monoisotopic (exact) mass is 302 g/mol. The van der Waals surface area contributed by atoms with Crippen LogP contribution in [0.25, 0.3) is 0 Å². The molecular formula is C12H18N2O3S2. The largest absolute Gasteiger partial charge is 0.355 e. The van der Waals surface area contributed by atoms with Gasteiger partial charge in [0.1, 0.15) is 6.04 Å². The topological polar surface area (TPSA) is 75.3 Å². The van der Waals surface area contributed by atoms with Gasteiger partial charge in [0, 0.05) is 16.3 Å². The predicted octanol–water partition coefficient (Wildman–Crippen LogP) is 1.31. The average Bonchev–Trinajstić information content (AvgIpc) is 2.54. The van der Waals surface area contributed by atoms with Gasteiger partial charge in [0.25, 0.3) is 0 Å². The number of nitrogens with one attached hydrogen (secondary N) is 2. The average molecular weight is 302 g/mol. The molecule has 1 aliphatic rings. The third-order valence-corrected chi connectivity index (χ3v) is 5.81. The Hall–Kier alpha value is -0.920. The van der Waals surface area contributed by atoms with Crippen molar-refractivity contribution in [2.45, 2.75) is 44.0 Å². The summed E-state index contributed by atoms with van der Waals surface area (Å²) in [7, 11) is -3.62. The molecule has 5 nitrogen and oxygen atoms in total. The normalized spacial score (nSPS) is 20.9. The van der Waals surface area contributed by atoms with Crippen LogP contribution >= 0.6 is 11.3 Å². The van der Waals surface area contributed by atoms with Gasteiger partial charge in [-0.3, -0.25) is 4.79 Å². The standard InChI is InChI=1S/C12H18N2O3S2/c1-8-7-11(9(2)18-8)19(16,17)14-10-5-3-4-6-13-12(10)15/h7,10,14H,3-6H2,1-2H3,(H,13,15)/t10-/m1/s1. The minimum absolute atomic E-state index is 0.231. The van der Waals surface area contributed by atoms with Gasteiger partial charge >= 0.3 is 0 Å². The van der Waals surface area contributed by atoms with Crippen LogP contribution in [0.4, 0.5) is 0 Å². The third kappa shape index (κ3) is 3.34. The molecule has 0 spiro atoms. The first-order valence-electron chi connectivity index (χ1n) is 6.27. The fourth-order valence-corrected chi connectivity index (χ4v) is 4.96. The number of amides is 1. The smallest absolute Gasteiger partial charge is 0.242 e. The lowest BCUT2D eigenvalue weighted by Gasteiger charge is -2.15. The number of sulfonamides is 1. The van der Waals surface area contributed by atoms with Crippen molar-refractivity contribution in [3.05, 3.63) is 15.8 Å². The molecule has 1 atom stereocenters. The van der Waals surface area contributed by atoms with Gasteiger partial charge in [-0.2, -0.15) is 4.72 Å². The maximum Gasteiger partial charge on any atom is 0.242 e. The molecule has 2 rings (SSSR count). The molecule has 0 aliphatic carbocycles. The van der Waals surface area contributed by atoms with E-state index in [-0.39, 0.29) is 10.8 Å². The third-order valence-electron chi connectivity index (χ3n) is 3.12. The zero-order chi connectivity index (χ0) is 14.0. The molecule has 0 radical (unpaired) electrons. The maximum atomic E-state index is 12.3. The molecule has 0 bridgehead atoms. The van der Waals surface area contributed by atoms with Crippen molar-refractivity contribution >= 4 is 27.3 Å². The summed E-state index contributed by atoms with van der Waals surface area (Å²) in [6.07, 6.45) is 2.28. The molecule has 2 heterocycles. The van der Waals surface area contributed by atoms with Crippen molar-refractivity contribution in [3.63, 3.8) is 0 Å². The van der Waals surface area contributed by atoms with Crippen LogP contribution in [0.1, 0.15) is 29.0 Å². The fraction of sp³-hybridized carbons (Fsp3) is 0.583. The van der Waals surface area contributed by atoms with Gasteiger partial charge in [0.2, 0.25) is 15.9 Å². The van der Waals surface area contributed by atoms with Crippen LogP contribution < -0.4 is 10.0 Å². The predicted molar refractivity (Wildman–Crippen MR) is 74.8 cm³/mol. The molecule has 1 saturated heterocycles. The lowest BCUT2D eigenvalue weighted by atomic mass is 10.1. The molecule has 1 aliphatic heterocycles. The number of carbonyl (C=O) groups is 1. The van der Waals surface area contributed by atoms with Crippen molar-refractivity contribution in [2.75, 3.05) is 6.54 Å². The maximum absolute atomic E-state index is 12.3. The van der Waals surface area contributed by atoms with E-state index in [1.165, 1.54) is 11.3 Å². The number of rotatable bonds is 3. The van der Waals surface area contributed by atoms with Gasteiger partial charge in [-0.15, -0.1) is 11.3 Å². The Balaban J connectivity index is 2.21. The molecule has 0 aromatic carbocycles. The van der Waals surface area contributed by atoms with E-state index >= 15 is 0 Å². The van der Waals surface area contributed by atoms with Crippen LogP contribution in [0.5, 0.6) is 0 Å². The lowest BCUT2D eigenvalue weighted by molar-refractivity contribution is -0.122. The van der Waals surface area contributed by atoms with Crippen molar-refractivity contribution in [1.29, 1.82) is 0 Å². The Kier molecular flexibility index (Phi) is 4.27. The van der Waals surface area contributed by atoms with Gasteiger partial charge in [0.05, 0.1) is 4.90 Å². The summed E-state index contributed by atoms with van der Waals surface area (Å²) in [5.74, 6) is -0.231.